The van der Waals surface area contributed by atoms with Crippen molar-refractivity contribution in [2.45, 2.75) is 31.7 Å². The lowest BCUT2D eigenvalue weighted by Crippen LogP contribution is -2.46. The summed E-state index contributed by atoms with van der Waals surface area (Å²) in [6, 6.07) is 10.6. The normalized spacial score (nSPS) is 16.9. The molecule has 4 rings (SSSR count). The molecule has 2 N–H and O–H groups in total. The molecule has 3 amide bonds. The van der Waals surface area contributed by atoms with Crippen LogP contribution in [0.15, 0.2) is 48.8 Å². The van der Waals surface area contributed by atoms with Gasteiger partial charge < -0.3 is 15.5 Å². The van der Waals surface area contributed by atoms with Gasteiger partial charge in [-0.3, -0.25) is 19.4 Å². The van der Waals surface area contributed by atoms with E-state index in [0.29, 0.717) is 37.1 Å². The minimum Gasteiger partial charge on any atom is -0.349 e. The van der Waals surface area contributed by atoms with Gasteiger partial charge in [-0.15, -0.1) is 0 Å². The van der Waals surface area contributed by atoms with Crippen LogP contribution in [0.1, 0.15) is 46.4 Å². The average Bonchev–Trinajstić information content (AvgIpc) is 3.60. The molecule has 0 bridgehead atoms. The minimum atomic E-state index is -0.133. The SMILES string of the molecule is O=C(NC1CCN(C(=O)c2ccc(NC(=O)C3CC3)cc2)CC1)c1cccnc1. The number of rotatable bonds is 5. The molecule has 1 aliphatic heterocycles. The molecule has 1 aliphatic carbocycles. The molecule has 0 unspecified atom stereocenters. The Hall–Kier alpha value is -3.22. The van der Waals surface area contributed by atoms with Gasteiger partial charge in [0.15, 0.2) is 0 Å². The van der Waals surface area contributed by atoms with Crippen LogP contribution in [0.2, 0.25) is 0 Å². The number of pyridine rings is 1. The predicted molar refractivity (Wildman–Crippen MR) is 108 cm³/mol. The Morgan fingerprint density at radius 3 is 2.28 bits per heavy atom. The first-order valence-corrected chi connectivity index (χ1v) is 10.0. The lowest BCUT2D eigenvalue weighted by Gasteiger charge is -2.32. The average molecular weight is 392 g/mol. The highest BCUT2D eigenvalue weighted by Gasteiger charge is 2.29. The number of hydrogen-bond donors (Lipinski definition) is 2. The summed E-state index contributed by atoms with van der Waals surface area (Å²) in [5.41, 5.74) is 1.86. The molecular weight excluding hydrogens is 368 g/mol. The van der Waals surface area contributed by atoms with Crippen molar-refractivity contribution in [1.29, 1.82) is 0 Å². The molecule has 29 heavy (non-hydrogen) atoms. The molecule has 1 aromatic carbocycles. The molecule has 2 aliphatic rings. The van der Waals surface area contributed by atoms with E-state index in [9.17, 15) is 14.4 Å². The molecule has 7 heteroatoms. The highest BCUT2D eigenvalue weighted by Crippen LogP contribution is 2.30. The Morgan fingerprint density at radius 1 is 0.931 bits per heavy atom. The van der Waals surface area contributed by atoms with E-state index in [1.165, 1.54) is 0 Å². The van der Waals surface area contributed by atoms with Crippen molar-refractivity contribution in [2.24, 2.45) is 5.92 Å². The molecule has 1 aromatic heterocycles. The van der Waals surface area contributed by atoms with Crippen molar-refractivity contribution < 1.29 is 14.4 Å². The van der Waals surface area contributed by atoms with Gasteiger partial charge in [0.25, 0.3) is 11.8 Å². The summed E-state index contributed by atoms with van der Waals surface area (Å²) in [6.07, 6.45) is 6.53. The second-order valence-electron chi connectivity index (χ2n) is 7.62. The van der Waals surface area contributed by atoms with Crippen LogP contribution in [-0.4, -0.2) is 46.7 Å². The topological polar surface area (TPSA) is 91.4 Å². The fraction of sp³-hybridized carbons (Fsp3) is 0.364. The Kier molecular flexibility index (Phi) is 5.55. The molecule has 0 spiro atoms. The first kappa shape index (κ1) is 19.1. The lowest BCUT2D eigenvalue weighted by molar-refractivity contribution is -0.117. The summed E-state index contributed by atoms with van der Waals surface area (Å²) in [5, 5.41) is 5.90. The summed E-state index contributed by atoms with van der Waals surface area (Å²) < 4.78 is 0. The number of carbonyl (C=O) groups excluding carboxylic acids is 3. The summed E-state index contributed by atoms with van der Waals surface area (Å²) in [7, 11) is 0. The summed E-state index contributed by atoms with van der Waals surface area (Å²) in [4.78, 5) is 42.6. The third-order valence-electron chi connectivity index (χ3n) is 5.39. The van der Waals surface area contributed by atoms with Gasteiger partial charge in [0, 0.05) is 48.7 Å². The monoisotopic (exact) mass is 392 g/mol. The molecule has 150 valence electrons. The minimum absolute atomic E-state index is 0.0258. The van der Waals surface area contributed by atoms with E-state index in [4.69, 9.17) is 0 Å². The number of nitrogens with zero attached hydrogens (tertiary/aromatic N) is 2. The van der Waals surface area contributed by atoms with Crippen molar-refractivity contribution in [2.75, 3.05) is 18.4 Å². The zero-order valence-corrected chi connectivity index (χ0v) is 16.1. The van der Waals surface area contributed by atoms with E-state index >= 15 is 0 Å². The first-order chi connectivity index (χ1) is 14.1. The molecule has 2 heterocycles. The standard InChI is InChI=1S/C22H24N4O3/c27-20(15-3-4-15)24-18-7-5-16(6-8-18)22(29)26-12-9-19(10-13-26)25-21(28)17-2-1-11-23-14-17/h1-2,5-8,11,14-15,19H,3-4,9-10,12-13H2,(H,24,27)(H,25,28). The molecule has 7 nitrogen and oxygen atoms in total. The van der Waals surface area contributed by atoms with Crippen molar-refractivity contribution in [3.05, 3.63) is 59.9 Å². The Labute approximate surface area is 169 Å². The Balaban J connectivity index is 1.27. The van der Waals surface area contributed by atoms with Gasteiger partial charge in [-0.05, 0) is 62.1 Å². The molecular formula is C22H24N4O3. The maximum Gasteiger partial charge on any atom is 0.253 e. The number of aromatic nitrogens is 1. The zero-order chi connectivity index (χ0) is 20.2. The van der Waals surface area contributed by atoms with Crippen molar-refractivity contribution in [1.82, 2.24) is 15.2 Å². The molecule has 0 atom stereocenters. The van der Waals surface area contributed by atoms with Gasteiger partial charge >= 0.3 is 0 Å². The number of amides is 3. The quantitative estimate of drug-likeness (QED) is 0.818. The summed E-state index contributed by atoms with van der Waals surface area (Å²) in [6.45, 7) is 1.19. The second kappa shape index (κ2) is 8.43. The van der Waals surface area contributed by atoms with Crippen LogP contribution in [0.4, 0.5) is 5.69 Å². The van der Waals surface area contributed by atoms with Crippen LogP contribution in [0, 0.1) is 5.92 Å². The number of nitrogens with one attached hydrogen (secondary N) is 2. The number of carbonyl (C=O) groups is 3. The second-order valence-corrected chi connectivity index (χ2v) is 7.62. The molecule has 0 radical (unpaired) electrons. The predicted octanol–water partition coefficient (Wildman–Crippen LogP) is 2.46. The number of piperidine rings is 1. The van der Waals surface area contributed by atoms with Gasteiger partial charge in [-0.1, -0.05) is 0 Å². The molecule has 2 aromatic rings. The summed E-state index contributed by atoms with van der Waals surface area (Å²) in [5.74, 6) is 0.0459. The summed E-state index contributed by atoms with van der Waals surface area (Å²) >= 11 is 0. The van der Waals surface area contributed by atoms with Gasteiger partial charge in [0.05, 0.1) is 5.56 Å². The Morgan fingerprint density at radius 2 is 1.66 bits per heavy atom. The maximum absolute atomic E-state index is 12.7. The van der Waals surface area contributed by atoms with E-state index in [1.807, 2.05) is 4.90 Å². The van der Waals surface area contributed by atoms with Crippen LogP contribution >= 0.6 is 0 Å². The van der Waals surface area contributed by atoms with E-state index < -0.39 is 0 Å². The van der Waals surface area contributed by atoms with Crippen molar-refractivity contribution in [3.63, 3.8) is 0 Å². The fourth-order valence-electron chi connectivity index (χ4n) is 3.46. The van der Waals surface area contributed by atoms with Crippen molar-refractivity contribution >= 4 is 23.4 Å². The van der Waals surface area contributed by atoms with Crippen LogP contribution in [-0.2, 0) is 4.79 Å². The van der Waals surface area contributed by atoms with E-state index in [1.54, 1.807) is 48.8 Å². The van der Waals surface area contributed by atoms with Crippen molar-refractivity contribution in [3.8, 4) is 0 Å². The van der Waals surface area contributed by atoms with Gasteiger partial charge in [-0.2, -0.15) is 0 Å². The van der Waals surface area contributed by atoms with E-state index in [-0.39, 0.29) is 29.7 Å². The van der Waals surface area contributed by atoms with Gasteiger partial charge in [0.1, 0.15) is 0 Å². The number of anilines is 1. The van der Waals surface area contributed by atoms with Crippen LogP contribution in [0.3, 0.4) is 0 Å². The largest absolute Gasteiger partial charge is 0.349 e. The maximum atomic E-state index is 12.7. The number of hydrogen-bond acceptors (Lipinski definition) is 4. The smallest absolute Gasteiger partial charge is 0.253 e. The van der Waals surface area contributed by atoms with E-state index in [0.717, 1.165) is 18.5 Å². The molecule has 2 fully saturated rings. The highest BCUT2D eigenvalue weighted by molar-refractivity contribution is 5.97. The highest BCUT2D eigenvalue weighted by atomic mass is 16.2. The zero-order valence-electron chi connectivity index (χ0n) is 16.1. The van der Waals surface area contributed by atoms with Crippen LogP contribution in [0.25, 0.3) is 0 Å². The van der Waals surface area contributed by atoms with Gasteiger partial charge in [0.2, 0.25) is 5.91 Å². The molecule has 1 saturated carbocycles. The lowest BCUT2D eigenvalue weighted by atomic mass is 10.0. The first-order valence-electron chi connectivity index (χ1n) is 10.0. The number of benzene rings is 1. The fourth-order valence-corrected chi connectivity index (χ4v) is 3.46. The van der Waals surface area contributed by atoms with Crippen LogP contribution in [0.5, 0.6) is 0 Å². The third kappa shape index (κ3) is 4.80. The number of likely N-dealkylation sites (tertiary alicyclic amines) is 1. The van der Waals surface area contributed by atoms with Crippen LogP contribution < -0.4 is 10.6 Å². The third-order valence-corrected chi connectivity index (χ3v) is 5.39. The van der Waals surface area contributed by atoms with Gasteiger partial charge in [-0.25, -0.2) is 0 Å². The molecule has 1 saturated heterocycles. The Bertz CT molecular complexity index is 886. The van der Waals surface area contributed by atoms with E-state index in [2.05, 4.69) is 15.6 Å².